The van der Waals surface area contributed by atoms with Crippen molar-refractivity contribution in [2.75, 3.05) is 6.61 Å². The summed E-state index contributed by atoms with van der Waals surface area (Å²) >= 11 is 0. The van der Waals surface area contributed by atoms with E-state index in [0.717, 1.165) is 22.3 Å². The van der Waals surface area contributed by atoms with Crippen LogP contribution in [0.5, 0.6) is 5.75 Å². The molecule has 0 fully saturated rings. The third-order valence-electron chi connectivity index (χ3n) is 3.07. The average Bonchev–Trinajstić information content (AvgIpc) is 2.85. The van der Waals surface area contributed by atoms with Crippen LogP contribution in [-0.2, 0) is 6.54 Å². The van der Waals surface area contributed by atoms with E-state index >= 15 is 0 Å². The van der Waals surface area contributed by atoms with Crippen LogP contribution < -0.4 is 4.74 Å². The van der Waals surface area contributed by atoms with Crippen LogP contribution in [0.2, 0.25) is 0 Å². The molecule has 0 saturated heterocycles. The van der Waals surface area contributed by atoms with Gasteiger partial charge in [0.25, 0.3) is 0 Å². The fraction of sp³-hybridized carbons (Fsp3) is 0.200. The van der Waals surface area contributed by atoms with Crippen LogP contribution in [0.25, 0.3) is 11.0 Å². The zero-order chi connectivity index (χ0) is 13.1. The number of rotatable bonds is 4. The number of para-hydroxylation sites is 2. The lowest BCUT2D eigenvalue weighted by Gasteiger charge is -2.08. The second kappa shape index (κ2) is 5.10. The van der Waals surface area contributed by atoms with Gasteiger partial charge in [-0.15, -0.1) is 5.10 Å². The predicted molar refractivity (Wildman–Crippen MR) is 74.2 cm³/mol. The number of fused-ring (bicyclic) bond motifs is 1. The first-order chi connectivity index (χ1) is 9.34. The first kappa shape index (κ1) is 11.7. The molecule has 0 radical (unpaired) electrons. The molecule has 3 aromatic rings. The number of hydrogen-bond donors (Lipinski definition) is 0. The molecule has 0 bridgehead atoms. The summed E-state index contributed by atoms with van der Waals surface area (Å²) in [5, 5.41) is 8.25. The largest absolute Gasteiger partial charge is 0.491 e. The zero-order valence-corrected chi connectivity index (χ0v) is 10.8. The van der Waals surface area contributed by atoms with Gasteiger partial charge < -0.3 is 4.74 Å². The number of benzene rings is 2. The Morgan fingerprint density at radius 1 is 1.05 bits per heavy atom. The number of nitrogens with zero attached hydrogens (tertiary/aromatic N) is 3. The number of aryl methyl sites for hydroxylation is 1. The first-order valence-electron chi connectivity index (χ1n) is 6.31. The molecular formula is C15H15N3O. The molecule has 0 aliphatic rings. The molecule has 1 heterocycles. The summed E-state index contributed by atoms with van der Waals surface area (Å²) in [7, 11) is 0. The molecule has 0 aliphatic carbocycles. The average molecular weight is 253 g/mol. The third-order valence-corrected chi connectivity index (χ3v) is 3.07. The molecule has 0 amide bonds. The van der Waals surface area contributed by atoms with Crippen molar-refractivity contribution in [1.82, 2.24) is 15.0 Å². The Labute approximate surface area is 111 Å². The SMILES string of the molecule is Cc1ccccc1OCCn1nnc2ccccc21. The quantitative estimate of drug-likeness (QED) is 0.717. The lowest BCUT2D eigenvalue weighted by atomic mass is 10.2. The molecular weight excluding hydrogens is 238 g/mol. The Morgan fingerprint density at radius 3 is 2.74 bits per heavy atom. The molecule has 0 unspecified atom stereocenters. The van der Waals surface area contributed by atoms with E-state index in [1.54, 1.807) is 0 Å². The third kappa shape index (κ3) is 2.42. The fourth-order valence-electron chi connectivity index (χ4n) is 2.04. The van der Waals surface area contributed by atoms with E-state index in [4.69, 9.17) is 4.74 Å². The Balaban J connectivity index is 1.68. The van der Waals surface area contributed by atoms with E-state index in [-0.39, 0.29) is 0 Å². The van der Waals surface area contributed by atoms with Crippen molar-refractivity contribution in [3.05, 3.63) is 54.1 Å². The van der Waals surface area contributed by atoms with Gasteiger partial charge in [-0.3, -0.25) is 0 Å². The fourth-order valence-corrected chi connectivity index (χ4v) is 2.04. The van der Waals surface area contributed by atoms with E-state index in [2.05, 4.69) is 10.3 Å². The van der Waals surface area contributed by atoms with Gasteiger partial charge in [0, 0.05) is 0 Å². The van der Waals surface area contributed by atoms with Gasteiger partial charge in [-0.05, 0) is 30.7 Å². The van der Waals surface area contributed by atoms with Gasteiger partial charge in [-0.1, -0.05) is 35.5 Å². The van der Waals surface area contributed by atoms with Crippen molar-refractivity contribution in [1.29, 1.82) is 0 Å². The van der Waals surface area contributed by atoms with Gasteiger partial charge in [0.05, 0.1) is 12.1 Å². The molecule has 4 heteroatoms. The highest BCUT2D eigenvalue weighted by atomic mass is 16.5. The van der Waals surface area contributed by atoms with Crippen LogP contribution in [0.15, 0.2) is 48.5 Å². The Kier molecular flexibility index (Phi) is 3.14. The summed E-state index contributed by atoms with van der Waals surface area (Å²) in [6, 6.07) is 15.9. The maximum Gasteiger partial charge on any atom is 0.122 e. The summed E-state index contributed by atoms with van der Waals surface area (Å²) in [4.78, 5) is 0. The van der Waals surface area contributed by atoms with Crippen molar-refractivity contribution in [3.8, 4) is 5.75 Å². The van der Waals surface area contributed by atoms with E-state index in [1.165, 1.54) is 0 Å². The Morgan fingerprint density at radius 2 is 1.84 bits per heavy atom. The molecule has 0 atom stereocenters. The van der Waals surface area contributed by atoms with Crippen LogP contribution in [0.3, 0.4) is 0 Å². The van der Waals surface area contributed by atoms with E-state index in [1.807, 2.05) is 60.1 Å². The number of hydrogen-bond acceptors (Lipinski definition) is 3. The smallest absolute Gasteiger partial charge is 0.122 e. The van der Waals surface area contributed by atoms with Crippen LogP contribution in [0.1, 0.15) is 5.56 Å². The summed E-state index contributed by atoms with van der Waals surface area (Å²) < 4.78 is 7.64. The van der Waals surface area contributed by atoms with Crippen molar-refractivity contribution in [2.24, 2.45) is 0 Å². The minimum absolute atomic E-state index is 0.582. The Hall–Kier alpha value is -2.36. The summed E-state index contributed by atoms with van der Waals surface area (Å²) in [5.41, 5.74) is 3.10. The van der Waals surface area contributed by atoms with Gasteiger partial charge in [0.2, 0.25) is 0 Å². The molecule has 0 spiro atoms. The van der Waals surface area contributed by atoms with Crippen molar-refractivity contribution in [3.63, 3.8) is 0 Å². The van der Waals surface area contributed by atoms with Gasteiger partial charge >= 0.3 is 0 Å². The standard InChI is InChI=1S/C15H15N3O/c1-12-6-2-5-9-15(12)19-11-10-18-14-8-4-3-7-13(14)16-17-18/h2-9H,10-11H2,1H3. The highest BCUT2D eigenvalue weighted by molar-refractivity contribution is 5.73. The molecule has 19 heavy (non-hydrogen) atoms. The lowest BCUT2D eigenvalue weighted by Crippen LogP contribution is -2.10. The van der Waals surface area contributed by atoms with E-state index in [0.29, 0.717) is 13.2 Å². The second-order valence-corrected chi connectivity index (χ2v) is 4.42. The van der Waals surface area contributed by atoms with Crippen molar-refractivity contribution in [2.45, 2.75) is 13.5 Å². The summed E-state index contributed by atoms with van der Waals surface area (Å²) in [6.45, 7) is 3.31. The number of aromatic nitrogens is 3. The van der Waals surface area contributed by atoms with Crippen molar-refractivity contribution >= 4 is 11.0 Å². The summed E-state index contributed by atoms with van der Waals surface area (Å²) in [5.74, 6) is 0.923. The van der Waals surface area contributed by atoms with Gasteiger partial charge in [-0.25, -0.2) is 4.68 Å². The maximum absolute atomic E-state index is 5.77. The first-order valence-corrected chi connectivity index (χ1v) is 6.31. The monoisotopic (exact) mass is 253 g/mol. The lowest BCUT2D eigenvalue weighted by molar-refractivity contribution is 0.290. The van der Waals surface area contributed by atoms with Gasteiger partial charge in [0.1, 0.15) is 17.9 Å². The molecule has 96 valence electrons. The molecule has 3 rings (SSSR count). The zero-order valence-electron chi connectivity index (χ0n) is 10.8. The highest BCUT2D eigenvalue weighted by Crippen LogP contribution is 2.16. The van der Waals surface area contributed by atoms with Crippen LogP contribution in [0, 0.1) is 6.92 Å². The van der Waals surface area contributed by atoms with E-state index < -0.39 is 0 Å². The second-order valence-electron chi connectivity index (χ2n) is 4.42. The molecule has 0 saturated carbocycles. The van der Waals surface area contributed by atoms with Gasteiger partial charge in [-0.2, -0.15) is 0 Å². The highest BCUT2D eigenvalue weighted by Gasteiger charge is 2.03. The molecule has 0 N–H and O–H groups in total. The normalized spacial score (nSPS) is 10.8. The predicted octanol–water partition coefficient (Wildman–Crippen LogP) is 2.82. The maximum atomic E-state index is 5.77. The molecule has 0 aliphatic heterocycles. The topological polar surface area (TPSA) is 39.9 Å². The molecule has 1 aromatic heterocycles. The minimum Gasteiger partial charge on any atom is -0.491 e. The van der Waals surface area contributed by atoms with Gasteiger partial charge in [0.15, 0.2) is 0 Å². The van der Waals surface area contributed by atoms with E-state index in [9.17, 15) is 0 Å². The van der Waals surface area contributed by atoms with Crippen LogP contribution in [0.4, 0.5) is 0 Å². The Bertz CT molecular complexity index is 690. The van der Waals surface area contributed by atoms with Crippen LogP contribution >= 0.6 is 0 Å². The summed E-state index contributed by atoms with van der Waals surface area (Å²) in [6.07, 6.45) is 0. The molecule has 4 nitrogen and oxygen atoms in total. The van der Waals surface area contributed by atoms with Crippen molar-refractivity contribution < 1.29 is 4.74 Å². The molecule has 2 aromatic carbocycles. The number of ether oxygens (including phenoxy) is 1. The van der Waals surface area contributed by atoms with Crippen LogP contribution in [-0.4, -0.2) is 21.6 Å². The minimum atomic E-state index is 0.582.